The molecule has 20 heavy (non-hydrogen) atoms. The Bertz CT molecular complexity index is 691. The molecule has 8 heteroatoms. The lowest BCUT2D eigenvalue weighted by Crippen LogP contribution is -2.01. The second-order valence-corrected chi connectivity index (χ2v) is 5.35. The predicted octanol–water partition coefficient (Wildman–Crippen LogP) is 5.14. The first-order chi connectivity index (χ1) is 9.38. The number of aromatic carboxylic acids is 1. The van der Waals surface area contributed by atoms with E-state index in [2.05, 4.69) is 10.3 Å². The SMILES string of the molecule is O=C(O)c1cc(Nc2cc(Cl)c(Cl)cc2Cl)ncc1Cl. The molecule has 0 spiro atoms. The largest absolute Gasteiger partial charge is 0.478 e. The first-order valence-corrected chi connectivity index (χ1v) is 6.70. The van der Waals surface area contributed by atoms with Gasteiger partial charge in [-0.15, -0.1) is 0 Å². The number of carboxylic acids is 1. The van der Waals surface area contributed by atoms with Gasteiger partial charge < -0.3 is 10.4 Å². The fourth-order valence-electron chi connectivity index (χ4n) is 1.43. The highest BCUT2D eigenvalue weighted by atomic mass is 35.5. The van der Waals surface area contributed by atoms with Gasteiger partial charge in [-0.05, 0) is 18.2 Å². The molecule has 0 aliphatic carbocycles. The van der Waals surface area contributed by atoms with E-state index in [1.807, 2.05) is 0 Å². The third kappa shape index (κ3) is 3.27. The third-order valence-corrected chi connectivity index (χ3v) is 3.69. The van der Waals surface area contributed by atoms with Crippen molar-refractivity contribution in [2.24, 2.45) is 0 Å². The first-order valence-electron chi connectivity index (χ1n) is 5.19. The van der Waals surface area contributed by atoms with Crippen LogP contribution in [0.25, 0.3) is 0 Å². The van der Waals surface area contributed by atoms with Crippen LogP contribution in [0.3, 0.4) is 0 Å². The average molecular weight is 352 g/mol. The molecule has 0 unspecified atom stereocenters. The summed E-state index contributed by atoms with van der Waals surface area (Å²) >= 11 is 23.5. The van der Waals surface area contributed by atoms with Gasteiger partial charge in [0.2, 0.25) is 0 Å². The van der Waals surface area contributed by atoms with Crippen LogP contribution < -0.4 is 5.32 Å². The summed E-state index contributed by atoms with van der Waals surface area (Å²) in [5.41, 5.74) is 0.382. The lowest BCUT2D eigenvalue weighted by atomic mass is 10.2. The summed E-state index contributed by atoms with van der Waals surface area (Å²) in [6.45, 7) is 0. The van der Waals surface area contributed by atoms with Crippen molar-refractivity contribution in [2.75, 3.05) is 5.32 Å². The summed E-state index contributed by atoms with van der Waals surface area (Å²) in [6.07, 6.45) is 1.23. The van der Waals surface area contributed by atoms with Crippen molar-refractivity contribution < 1.29 is 9.90 Å². The quantitative estimate of drug-likeness (QED) is 0.752. The minimum absolute atomic E-state index is 0.0447. The van der Waals surface area contributed by atoms with Crippen LogP contribution in [0, 0.1) is 0 Å². The maximum Gasteiger partial charge on any atom is 0.337 e. The summed E-state index contributed by atoms with van der Waals surface area (Å²) in [7, 11) is 0. The summed E-state index contributed by atoms with van der Waals surface area (Å²) < 4.78 is 0. The van der Waals surface area contributed by atoms with Crippen LogP contribution in [0.2, 0.25) is 20.1 Å². The van der Waals surface area contributed by atoms with E-state index < -0.39 is 5.97 Å². The van der Waals surface area contributed by atoms with Gasteiger partial charge in [0.1, 0.15) is 5.82 Å². The number of carboxylic acid groups (broad SMARTS) is 1. The molecule has 0 aliphatic heterocycles. The third-order valence-electron chi connectivity index (χ3n) is 2.36. The molecule has 104 valence electrons. The van der Waals surface area contributed by atoms with Gasteiger partial charge in [-0.3, -0.25) is 0 Å². The normalized spacial score (nSPS) is 10.4. The van der Waals surface area contributed by atoms with Crippen LogP contribution in [0.1, 0.15) is 10.4 Å². The predicted molar refractivity (Wildman–Crippen MR) is 81.0 cm³/mol. The zero-order chi connectivity index (χ0) is 14.9. The smallest absolute Gasteiger partial charge is 0.337 e. The fraction of sp³-hybridized carbons (Fsp3) is 0. The van der Waals surface area contributed by atoms with Crippen molar-refractivity contribution in [2.45, 2.75) is 0 Å². The van der Waals surface area contributed by atoms with E-state index in [-0.39, 0.29) is 16.4 Å². The van der Waals surface area contributed by atoms with Gasteiger partial charge in [0, 0.05) is 6.20 Å². The van der Waals surface area contributed by atoms with Gasteiger partial charge >= 0.3 is 5.97 Å². The summed E-state index contributed by atoms with van der Waals surface area (Å²) in [5.74, 6) is -0.882. The molecule has 1 aromatic heterocycles. The fourth-order valence-corrected chi connectivity index (χ4v) is 2.21. The Hall–Kier alpha value is -1.20. The molecule has 4 nitrogen and oxygen atoms in total. The second-order valence-electron chi connectivity index (χ2n) is 3.73. The number of anilines is 2. The molecule has 0 saturated carbocycles. The number of hydrogen-bond donors (Lipinski definition) is 2. The molecule has 1 aromatic carbocycles. The number of hydrogen-bond acceptors (Lipinski definition) is 3. The Balaban J connectivity index is 2.38. The molecule has 0 amide bonds. The number of carbonyl (C=O) groups is 1. The topological polar surface area (TPSA) is 62.2 Å². The molecule has 1 heterocycles. The van der Waals surface area contributed by atoms with E-state index in [1.165, 1.54) is 24.4 Å². The summed E-state index contributed by atoms with van der Waals surface area (Å²) in [6, 6.07) is 4.29. The zero-order valence-corrected chi connectivity index (χ0v) is 12.6. The second kappa shape index (κ2) is 6.06. The maximum atomic E-state index is 11.0. The minimum Gasteiger partial charge on any atom is -0.478 e. The summed E-state index contributed by atoms with van der Waals surface area (Å²) in [4.78, 5) is 15.0. The maximum absolute atomic E-state index is 11.0. The van der Waals surface area contributed by atoms with Crippen molar-refractivity contribution in [1.82, 2.24) is 4.98 Å². The monoisotopic (exact) mass is 350 g/mol. The molecule has 0 radical (unpaired) electrons. The molecule has 0 aliphatic rings. The highest BCUT2D eigenvalue weighted by Gasteiger charge is 2.12. The van der Waals surface area contributed by atoms with Crippen molar-refractivity contribution in [3.8, 4) is 0 Å². The molecular weight excluding hydrogens is 346 g/mol. The van der Waals surface area contributed by atoms with Crippen molar-refractivity contribution >= 4 is 63.9 Å². The van der Waals surface area contributed by atoms with E-state index in [9.17, 15) is 4.79 Å². The van der Waals surface area contributed by atoms with Gasteiger partial charge in [0.25, 0.3) is 0 Å². The van der Waals surface area contributed by atoms with Crippen LogP contribution >= 0.6 is 46.4 Å². The number of benzene rings is 1. The minimum atomic E-state index is -1.15. The Morgan fingerprint density at radius 2 is 1.65 bits per heavy atom. The lowest BCUT2D eigenvalue weighted by molar-refractivity contribution is 0.0697. The van der Waals surface area contributed by atoms with E-state index >= 15 is 0 Å². The van der Waals surface area contributed by atoms with E-state index in [0.29, 0.717) is 20.8 Å². The summed E-state index contributed by atoms with van der Waals surface area (Å²) in [5, 5.41) is 12.8. The Labute approximate surface area is 134 Å². The molecule has 0 bridgehead atoms. The van der Waals surface area contributed by atoms with E-state index in [0.717, 1.165) is 0 Å². The number of aromatic nitrogens is 1. The number of nitrogens with one attached hydrogen (secondary N) is 1. The molecule has 0 fully saturated rings. The van der Waals surface area contributed by atoms with Gasteiger partial charge in [-0.25, -0.2) is 9.78 Å². The van der Waals surface area contributed by atoms with Gasteiger partial charge in [0.15, 0.2) is 0 Å². The van der Waals surface area contributed by atoms with Gasteiger partial charge in [-0.2, -0.15) is 0 Å². The van der Waals surface area contributed by atoms with Crippen LogP contribution in [0.5, 0.6) is 0 Å². The van der Waals surface area contributed by atoms with Gasteiger partial charge in [-0.1, -0.05) is 46.4 Å². The van der Waals surface area contributed by atoms with Crippen LogP contribution in [-0.2, 0) is 0 Å². The van der Waals surface area contributed by atoms with Crippen LogP contribution in [0.15, 0.2) is 24.4 Å². The molecule has 2 aromatic rings. The highest BCUT2D eigenvalue weighted by molar-refractivity contribution is 6.44. The number of rotatable bonds is 3. The Morgan fingerprint density at radius 3 is 2.30 bits per heavy atom. The molecular formula is C12H6Cl4N2O2. The molecule has 0 atom stereocenters. The Morgan fingerprint density at radius 1 is 1.00 bits per heavy atom. The first kappa shape index (κ1) is 15.2. The average Bonchev–Trinajstić information content (AvgIpc) is 2.37. The standard InChI is InChI=1S/C12H6Cl4N2O2/c13-6-2-8(15)10(3-7(6)14)18-11-1-5(12(19)20)9(16)4-17-11/h1-4H,(H,17,18)(H,19,20). The number of halogens is 4. The van der Waals surface area contributed by atoms with E-state index in [4.69, 9.17) is 51.5 Å². The molecule has 2 rings (SSSR count). The van der Waals surface area contributed by atoms with Crippen LogP contribution in [-0.4, -0.2) is 16.1 Å². The number of pyridine rings is 1. The van der Waals surface area contributed by atoms with Crippen molar-refractivity contribution in [3.63, 3.8) is 0 Å². The van der Waals surface area contributed by atoms with Crippen LogP contribution in [0.4, 0.5) is 11.5 Å². The zero-order valence-electron chi connectivity index (χ0n) is 9.62. The lowest BCUT2D eigenvalue weighted by Gasteiger charge is -2.10. The van der Waals surface area contributed by atoms with Gasteiger partial charge in [0.05, 0.1) is 31.3 Å². The van der Waals surface area contributed by atoms with Crippen molar-refractivity contribution in [3.05, 3.63) is 50.0 Å². The number of nitrogens with zero attached hydrogens (tertiary/aromatic N) is 1. The molecule has 0 saturated heterocycles. The Kier molecular flexibility index (Phi) is 4.60. The molecule has 2 N–H and O–H groups in total. The van der Waals surface area contributed by atoms with Crippen molar-refractivity contribution in [1.29, 1.82) is 0 Å². The van der Waals surface area contributed by atoms with E-state index in [1.54, 1.807) is 0 Å². The highest BCUT2D eigenvalue weighted by Crippen LogP contribution is 2.33.